The van der Waals surface area contributed by atoms with Crippen molar-refractivity contribution in [2.24, 2.45) is 7.05 Å². The van der Waals surface area contributed by atoms with E-state index in [0.717, 1.165) is 10.2 Å². The Kier molecular flexibility index (Phi) is 5.98. The molecule has 0 saturated carbocycles. The normalized spacial score (nSPS) is 11.7. The zero-order chi connectivity index (χ0) is 24.0. The summed E-state index contributed by atoms with van der Waals surface area (Å²) in [6.45, 7) is 5.65. The van der Waals surface area contributed by atoms with E-state index in [1.54, 1.807) is 24.7 Å². The summed E-state index contributed by atoms with van der Waals surface area (Å²) in [5.74, 6) is -0.170. The van der Waals surface area contributed by atoms with Gasteiger partial charge in [0, 0.05) is 25.0 Å². The lowest BCUT2D eigenvalue weighted by Gasteiger charge is -2.14. The first kappa shape index (κ1) is 22.9. The molecule has 0 atom stereocenters. The second-order valence-corrected chi connectivity index (χ2v) is 8.26. The lowest BCUT2D eigenvalue weighted by Crippen LogP contribution is -2.24. The molecular weight excluding hydrogens is 451 g/mol. The van der Waals surface area contributed by atoms with E-state index in [4.69, 9.17) is 16.3 Å². The largest absolute Gasteiger partial charge is 0.479 e. The molecule has 3 aromatic heterocycles. The van der Waals surface area contributed by atoms with Crippen LogP contribution in [-0.2, 0) is 20.2 Å². The van der Waals surface area contributed by atoms with E-state index in [1.807, 2.05) is 19.9 Å². The van der Waals surface area contributed by atoms with E-state index in [2.05, 4.69) is 15.2 Å². The predicted octanol–water partition coefficient (Wildman–Crippen LogP) is 3.42. The molecule has 4 aromatic rings. The summed E-state index contributed by atoms with van der Waals surface area (Å²) in [7, 11) is 3.20. The van der Waals surface area contributed by atoms with E-state index in [1.165, 1.54) is 17.7 Å². The zero-order valence-electron chi connectivity index (χ0n) is 18.9. The number of halogens is 2. The zero-order valence-corrected chi connectivity index (χ0v) is 19.7. The number of nitrogens with zero attached hydrogens (tertiary/aromatic N) is 6. The number of methoxy groups -OCH3 is 1. The van der Waals surface area contributed by atoms with Gasteiger partial charge in [0.05, 0.1) is 18.3 Å². The first-order chi connectivity index (χ1) is 15.7. The van der Waals surface area contributed by atoms with Crippen LogP contribution < -0.4 is 10.4 Å². The maximum Gasteiger partial charge on any atom is 0.350 e. The number of benzene rings is 1. The second-order valence-electron chi connectivity index (χ2n) is 7.88. The van der Waals surface area contributed by atoms with Crippen molar-refractivity contribution >= 4 is 22.5 Å². The second kappa shape index (κ2) is 8.60. The summed E-state index contributed by atoms with van der Waals surface area (Å²) in [4.78, 5) is 17.4. The van der Waals surface area contributed by atoms with Gasteiger partial charge >= 0.3 is 5.69 Å². The Morgan fingerprint density at radius 2 is 1.97 bits per heavy atom. The number of fused-ring (bicyclic) bond motifs is 1. The molecule has 3 heterocycles. The molecule has 0 unspecified atom stereocenters. The Morgan fingerprint density at radius 1 is 1.24 bits per heavy atom. The highest BCUT2D eigenvalue weighted by Gasteiger charge is 2.22. The topological polar surface area (TPSA) is 100.0 Å². The molecule has 0 aliphatic rings. The van der Waals surface area contributed by atoms with E-state index in [0.29, 0.717) is 33.9 Å². The van der Waals surface area contributed by atoms with Crippen molar-refractivity contribution in [3.8, 4) is 23.0 Å². The number of rotatable bonds is 6. The van der Waals surface area contributed by atoms with Gasteiger partial charge in [-0.25, -0.2) is 14.2 Å². The van der Waals surface area contributed by atoms with Gasteiger partial charge in [-0.05, 0) is 30.5 Å². The molecule has 0 fully saturated rings. The van der Waals surface area contributed by atoms with E-state index in [9.17, 15) is 9.90 Å². The van der Waals surface area contributed by atoms with Crippen molar-refractivity contribution < 1.29 is 14.2 Å². The average Bonchev–Trinajstić information content (AvgIpc) is 3.26. The summed E-state index contributed by atoms with van der Waals surface area (Å²) in [5, 5.41) is 18.9. The van der Waals surface area contributed by atoms with Crippen LogP contribution >= 0.6 is 11.6 Å². The molecule has 33 heavy (non-hydrogen) atoms. The number of ether oxygens (including phenoxy) is 1. The highest BCUT2D eigenvalue weighted by atomic mass is 35.5. The van der Waals surface area contributed by atoms with E-state index in [-0.39, 0.29) is 23.3 Å². The van der Waals surface area contributed by atoms with Gasteiger partial charge in [-0.1, -0.05) is 25.4 Å². The molecule has 0 saturated heterocycles. The van der Waals surface area contributed by atoms with Crippen LogP contribution in [0.5, 0.6) is 5.88 Å². The van der Waals surface area contributed by atoms with Gasteiger partial charge in [-0.2, -0.15) is 4.68 Å². The van der Waals surface area contributed by atoms with Crippen LogP contribution in [0.2, 0.25) is 5.02 Å². The minimum absolute atomic E-state index is 0.00825. The van der Waals surface area contributed by atoms with Crippen LogP contribution in [0.3, 0.4) is 0 Å². The highest BCUT2D eigenvalue weighted by Crippen LogP contribution is 2.37. The molecule has 0 spiro atoms. The van der Waals surface area contributed by atoms with Crippen molar-refractivity contribution in [1.82, 2.24) is 29.1 Å². The molecule has 11 heteroatoms. The molecule has 1 aromatic carbocycles. The molecular formula is C22H24ClFN6O3. The first-order valence-electron chi connectivity index (χ1n) is 10.4. The number of aliphatic hydroxyl groups excluding tert-OH is 1. The lowest BCUT2D eigenvalue weighted by atomic mass is 9.96. The molecule has 174 valence electrons. The average molecular weight is 475 g/mol. The van der Waals surface area contributed by atoms with Crippen LogP contribution in [0.15, 0.2) is 23.0 Å². The first-order valence-corrected chi connectivity index (χ1v) is 10.8. The number of pyridine rings is 1. The van der Waals surface area contributed by atoms with E-state index < -0.39 is 18.1 Å². The van der Waals surface area contributed by atoms with Gasteiger partial charge in [-0.3, -0.25) is 9.25 Å². The van der Waals surface area contributed by atoms with Crippen molar-refractivity contribution in [3.05, 3.63) is 50.9 Å². The summed E-state index contributed by atoms with van der Waals surface area (Å²) in [6.07, 6.45) is 0. The number of hydrogen-bond donors (Lipinski definition) is 1. The van der Waals surface area contributed by atoms with Crippen LogP contribution in [-0.4, -0.2) is 41.3 Å². The third-order valence-corrected chi connectivity index (χ3v) is 5.89. The van der Waals surface area contributed by atoms with Gasteiger partial charge in [0.15, 0.2) is 11.6 Å². The van der Waals surface area contributed by atoms with Crippen molar-refractivity contribution in [2.45, 2.75) is 39.8 Å². The monoisotopic (exact) mass is 474 g/mol. The molecule has 1 N–H and O–H groups in total. The van der Waals surface area contributed by atoms with Crippen molar-refractivity contribution in [2.75, 3.05) is 7.11 Å². The number of hydrogen-bond acceptors (Lipinski definition) is 6. The van der Waals surface area contributed by atoms with Gasteiger partial charge in [0.25, 0.3) is 5.88 Å². The smallest absolute Gasteiger partial charge is 0.350 e. The minimum Gasteiger partial charge on any atom is -0.479 e. The van der Waals surface area contributed by atoms with Gasteiger partial charge in [0.2, 0.25) is 0 Å². The summed E-state index contributed by atoms with van der Waals surface area (Å²) in [5.41, 5.74) is 1.83. The van der Waals surface area contributed by atoms with Crippen LogP contribution in [0.4, 0.5) is 4.39 Å². The summed E-state index contributed by atoms with van der Waals surface area (Å²) >= 11 is 6.45. The highest BCUT2D eigenvalue weighted by molar-refractivity contribution is 6.34. The molecule has 9 nitrogen and oxygen atoms in total. The maximum absolute atomic E-state index is 15.2. The Balaban J connectivity index is 1.99. The van der Waals surface area contributed by atoms with Gasteiger partial charge < -0.3 is 9.84 Å². The predicted molar refractivity (Wildman–Crippen MR) is 123 cm³/mol. The fourth-order valence-corrected chi connectivity index (χ4v) is 4.27. The molecule has 0 aliphatic carbocycles. The number of aromatic nitrogens is 6. The Labute approximate surface area is 194 Å². The third-order valence-electron chi connectivity index (χ3n) is 5.55. The fourth-order valence-electron chi connectivity index (χ4n) is 3.93. The lowest BCUT2D eigenvalue weighted by molar-refractivity contribution is 0.264. The van der Waals surface area contributed by atoms with E-state index >= 15 is 4.39 Å². The number of aliphatic hydroxyl groups is 1. The van der Waals surface area contributed by atoms with Crippen molar-refractivity contribution in [1.29, 1.82) is 0 Å². The van der Waals surface area contributed by atoms with Crippen LogP contribution in [0.25, 0.3) is 28.0 Å². The molecule has 0 amide bonds. The molecule has 4 rings (SSSR count). The number of aryl methyl sites for hydroxylation is 1. The fraction of sp³-hybridized carbons (Fsp3) is 0.364. The van der Waals surface area contributed by atoms with Gasteiger partial charge in [-0.15, -0.1) is 10.2 Å². The Hall–Kier alpha value is -3.24. The SMILES string of the molecule is CCn1c(CO)nn(-c2cc3c(C(C)C)cc(-c4c(Cl)c(OC)nn4C)nc3cc2F)c1=O. The molecule has 0 bridgehead atoms. The third kappa shape index (κ3) is 3.68. The van der Waals surface area contributed by atoms with Crippen LogP contribution in [0, 0.1) is 5.82 Å². The summed E-state index contributed by atoms with van der Waals surface area (Å²) in [6, 6.07) is 4.72. The Morgan fingerprint density at radius 3 is 2.52 bits per heavy atom. The minimum atomic E-state index is -0.664. The maximum atomic E-state index is 15.2. The quantitative estimate of drug-likeness (QED) is 0.459. The molecule has 0 aliphatic heterocycles. The standard InChI is InChI=1S/C22H24ClFN6O3/c1-6-29-18(10-31)26-30(22(29)32)17-8-13-12(11(2)3)7-16(25-15(13)9-14(17)24)20-19(23)21(33-5)27-28(20)4/h7-9,11,31H,6,10H2,1-5H3. The van der Waals surface area contributed by atoms with Crippen LogP contribution in [0.1, 0.15) is 38.1 Å². The van der Waals surface area contributed by atoms with Gasteiger partial charge in [0.1, 0.15) is 23.0 Å². The molecule has 0 radical (unpaired) electrons. The summed E-state index contributed by atoms with van der Waals surface area (Å²) < 4.78 is 24.3. The Bertz CT molecular complexity index is 1420. The van der Waals surface area contributed by atoms with Crippen molar-refractivity contribution in [3.63, 3.8) is 0 Å².